The van der Waals surface area contributed by atoms with Gasteiger partial charge in [-0.25, -0.2) is 0 Å². The van der Waals surface area contributed by atoms with Crippen molar-refractivity contribution in [2.24, 2.45) is 0 Å². The van der Waals surface area contributed by atoms with Gasteiger partial charge in [-0.2, -0.15) is 0 Å². The Morgan fingerprint density at radius 2 is 1.41 bits per heavy atom. The molecule has 2 amide bonds. The molecule has 178 valence electrons. The van der Waals surface area contributed by atoms with Crippen LogP contribution in [0.2, 0.25) is 0 Å². The van der Waals surface area contributed by atoms with Gasteiger partial charge in [-0.1, -0.05) is 48.5 Å². The second kappa shape index (κ2) is 12.2. The number of benzene rings is 3. The molecule has 0 bridgehead atoms. The maximum atomic E-state index is 12.5. The number of hydrogen-bond donors (Lipinski definition) is 2. The topological polar surface area (TPSA) is 95.1 Å². The minimum Gasteiger partial charge on any atom is -0.493 e. The lowest BCUT2D eigenvalue weighted by molar-refractivity contribution is -0.120. The van der Waals surface area contributed by atoms with Crippen LogP contribution in [-0.4, -0.2) is 52.8 Å². The van der Waals surface area contributed by atoms with Crippen molar-refractivity contribution in [3.63, 3.8) is 0 Å². The maximum Gasteiger partial charge on any atom is 0.251 e. The van der Waals surface area contributed by atoms with E-state index in [0.29, 0.717) is 23.8 Å². The Kier molecular flexibility index (Phi) is 8.73. The second-order valence-corrected chi connectivity index (χ2v) is 7.16. The monoisotopic (exact) mass is 464 g/mol. The maximum absolute atomic E-state index is 12.5. The van der Waals surface area contributed by atoms with Crippen molar-refractivity contribution >= 4 is 11.8 Å². The van der Waals surface area contributed by atoms with Crippen LogP contribution >= 0.6 is 0 Å². The van der Waals surface area contributed by atoms with E-state index in [1.807, 2.05) is 54.6 Å². The zero-order chi connectivity index (χ0) is 24.3. The molecule has 8 heteroatoms. The van der Waals surface area contributed by atoms with Crippen molar-refractivity contribution in [3.05, 3.63) is 72.3 Å². The van der Waals surface area contributed by atoms with E-state index in [9.17, 15) is 9.59 Å². The molecule has 0 spiro atoms. The fourth-order valence-electron chi connectivity index (χ4n) is 3.34. The Balaban J connectivity index is 1.48. The summed E-state index contributed by atoms with van der Waals surface area (Å²) in [7, 11) is 4.41. The van der Waals surface area contributed by atoms with Crippen molar-refractivity contribution in [2.45, 2.75) is 0 Å². The summed E-state index contributed by atoms with van der Waals surface area (Å²) in [6, 6.07) is 20.7. The molecule has 0 aliphatic heterocycles. The van der Waals surface area contributed by atoms with E-state index in [1.165, 1.54) is 33.5 Å². The molecule has 0 aliphatic rings. The number of methoxy groups -OCH3 is 3. The second-order valence-electron chi connectivity index (χ2n) is 7.16. The highest BCUT2D eigenvalue weighted by Gasteiger charge is 2.17. The van der Waals surface area contributed by atoms with Gasteiger partial charge in [0, 0.05) is 11.1 Å². The SMILES string of the molecule is COc1cc(C(=O)NCC(=O)NCCOc2ccccc2-c2ccccc2)cc(OC)c1OC. The number of nitrogens with one attached hydrogen (secondary N) is 2. The van der Waals surface area contributed by atoms with Crippen LogP contribution in [0.3, 0.4) is 0 Å². The first-order valence-corrected chi connectivity index (χ1v) is 10.7. The minimum atomic E-state index is -0.442. The fourth-order valence-corrected chi connectivity index (χ4v) is 3.34. The zero-order valence-electron chi connectivity index (χ0n) is 19.4. The number of hydrogen-bond acceptors (Lipinski definition) is 6. The molecule has 0 atom stereocenters. The predicted molar refractivity (Wildman–Crippen MR) is 129 cm³/mol. The summed E-state index contributed by atoms with van der Waals surface area (Å²) in [6.45, 7) is 0.397. The third-order valence-electron chi connectivity index (χ3n) is 4.99. The standard InChI is InChI=1S/C26H28N2O6/c1-31-22-15-19(16-23(32-2)25(22)33-3)26(30)28-17-24(29)27-13-14-34-21-12-8-7-11-20(21)18-9-5-4-6-10-18/h4-12,15-16H,13-14,17H2,1-3H3,(H,27,29)(H,28,30). The van der Waals surface area contributed by atoms with E-state index in [-0.39, 0.29) is 24.6 Å². The van der Waals surface area contributed by atoms with Gasteiger partial charge >= 0.3 is 0 Å². The van der Waals surface area contributed by atoms with Gasteiger partial charge in [0.25, 0.3) is 5.91 Å². The van der Waals surface area contributed by atoms with Crippen LogP contribution in [0.5, 0.6) is 23.0 Å². The molecule has 3 aromatic carbocycles. The summed E-state index contributed by atoms with van der Waals surface area (Å²) in [5.41, 5.74) is 2.31. The molecular weight excluding hydrogens is 436 g/mol. The molecule has 0 radical (unpaired) electrons. The summed E-state index contributed by atoms with van der Waals surface area (Å²) < 4.78 is 21.6. The smallest absolute Gasteiger partial charge is 0.251 e. The Labute approximate surface area is 198 Å². The highest BCUT2D eigenvalue weighted by Crippen LogP contribution is 2.38. The first-order chi connectivity index (χ1) is 16.6. The molecule has 0 fully saturated rings. The number of carbonyl (C=O) groups excluding carboxylic acids is 2. The Bertz CT molecular complexity index is 1090. The van der Waals surface area contributed by atoms with Crippen LogP contribution in [0.1, 0.15) is 10.4 Å². The summed E-state index contributed by atoms with van der Waals surface area (Å²) in [4.78, 5) is 24.7. The number of rotatable bonds is 11. The first kappa shape index (κ1) is 24.4. The lowest BCUT2D eigenvalue weighted by Crippen LogP contribution is -2.38. The fraction of sp³-hybridized carbons (Fsp3) is 0.231. The van der Waals surface area contributed by atoms with E-state index in [2.05, 4.69) is 10.6 Å². The van der Waals surface area contributed by atoms with Gasteiger partial charge in [-0.05, 0) is 23.8 Å². The van der Waals surface area contributed by atoms with E-state index in [4.69, 9.17) is 18.9 Å². The average molecular weight is 465 g/mol. The third kappa shape index (κ3) is 6.19. The van der Waals surface area contributed by atoms with Crippen molar-refractivity contribution < 1.29 is 28.5 Å². The van der Waals surface area contributed by atoms with Gasteiger partial charge < -0.3 is 29.6 Å². The summed E-state index contributed by atoms with van der Waals surface area (Å²) in [6.07, 6.45) is 0. The van der Waals surface area contributed by atoms with E-state index < -0.39 is 5.91 Å². The molecular formula is C26H28N2O6. The van der Waals surface area contributed by atoms with Crippen LogP contribution in [0, 0.1) is 0 Å². The zero-order valence-corrected chi connectivity index (χ0v) is 19.4. The highest BCUT2D eigenvalue weighted by molar-refractivity contribution is 5.97. The molecule has 0 aliphatic carbocycles. The van der Waals surface area contributed by atoms with Gasteiger partial charge in [0.15, 0.2) is 11.5 Å². The van der Waals surface area contributed by atoms with E-state index in [1.54, 1.807) is 0 Å². The summed E-state index contributed by atoms with van der Waals surface area (Å²) in [5, 5.41) is 5.32. The third-order valence-corrected chi connectivity index (χ3v) is 4.99. The van der Waals surface area contributed by atoms with Crippen LogP contribution in [0.25, 0.3) is 11.1 Å². The van der Waals surface area contributed by atoms with Crippen molar-refractivity contribution in [3.8, 4) is 34.1 Å². The normalized spacial score (nSPS) is 10.2. The Morgan fingerprint density at radius 3 is 2.06 bits per heavy atom. The molecule has 0 unspecified atom stereocenters. The largest absolute Gasteiger partial charge is 0.493 e. The quantitative estimate of drug-likeness (QED) is 0.423. The number of carbonyl (C=O) groups is 2. The van der Waals surface area contributed by atoms with Crippen molar-refractivity contribution in [1.29, 1.82) is 0 Å². The molecule has 2 N–H and O–H groups in total. The van der Waals surface area contributed by atoms with Crippen molar-refractivity contribution in [1.82, 2.24) is 10.6 Å². The van der Waals surface area contributed by atoms with Gasteiger partial charge in [-0.15, -0.1) is 0 Å². The molecule has 34 heavy (non-hydrogen) atoms. The minimum absolute atomic E-state index is 0.184. The lowest BCUT2D eigenvalue weighted by atomic mass is 10.1. The molecule has 0 saturated carbocycles. The predicted octanol–water partition coefficient (Wildman–Crippen LogP) is 3.30. The molecule has 3 aromatic rings. The summed E-state index contributed by atoms with van der Waals surface area (Å²) in [5.74, 6) is 1.05. The Hall–Kier alpha value is -4.20. The average Bonchev–Trinajstić information content (AvgIpc) is 2.89. The van der Waals surface area contributed by atoms with Crippen LogP contribution < -0.4 is 29.6 Å². The van der Waals surface area contributed by atoms with E-state index in [0.717, 1.165) is 16.9 Å². The van der Waals surface area contributed by atoms with E-state index >= 15 is 0 Å². The lowest BCUT2D eigenvalue weighted by Gasteiger charge is -2.14. The van der Waals surface area contributed by atoms with Gasteiger partial charge in [0.1, 0.15) is 12.4 Å². The number of para-hydroxylation sites is 1. The van der Waals surface area contributed by atoms with Crippen LogP contribution in [0.4, 0.5) is 0 Å². The van der Waals surface area contributed by atoms with Gasteiger partial charge in [0.05, 0.1) is 34.4 Å². The Morgan fingerprint density at radius 1 is 0.765 bits per heavy atom. The molecule has 3 rings (SSSR count). The molecule has 0 aromatic heterocycles. The number of ether oxygens (including phenoxy) is 4. The van der Waals surface area contributed by atoms with Gasteiger partial charge in [-0.3, -0.25) is 9.59 Å². The molecule has 0 heterocycles. The van der Waals surface area contributed by atoms with Crippen LogP contribution in [-0.2, 0) is 4.79 Å². The van der Waals surface area contributed by atoms with Crippen molar-refractivity contribution in [2.75, 3.05) is 41.0 Å². The molecule has 8 nitrogen and oxygen atoms in total. The first-order valence-electron chi connectivity index (χ1n) is 10.7. The van der Waals surface area contributed by atoms with Crippen LogP contribution in [0.15, 0.2) is 66.7 Å². The summed E-state index contributed by atoms with van der Waals surface area (Å²) >= 11 is 0. The van der Waals surface area contributed by atoms with Gasteiger partial charge in [0.2, 0.25) is 11.7 Å². The highest BCUT2D eigenvalue weighted by atomic mass is 16.5. The molecule has 0 saturated heterocycles. The number of amides is 2.